The van der Waals surface area contributed by atoms with Crippen molar-refractivity contribution in [2.24, 2.45) is 0 Å². The normalized spacial score (nSPS) is 13.1. The molecule has 20 heavy (non-hydrogen) atoms. The minimum atomic E-state index is -3.25. The molecule has 0 amide bonds. The highest BCUT2D eigenvalue weighted by atomic mass is 32.2. The minimum Gasteiger partial charge on any atom is -0.493 e. The van der Waals surface area contributed by atoms with E-state index in [9.17, 15) is 8.42 Å². The van der Waals surface area contributed by atoms with E-state index in [2.05, 4.69) is 4.72 Å². The number of methoxy groups -OCH3 is 2. The molecule has 0 aliphatic rings. The van der Waals surface area contributed by atoms with E-state index in [-0.39, 0.29) is 11.8 Å². The highest BCUT2D eigenvalue weighted by molar-refractivity contribution is 7.89. The van der Waals surface area contributed by atoms with Crippen molar-refractivity contribution >= 4 is 10.0 Å². The van der Waals surface area contributed by atoms with E-state index in [0.717, 1.165) is 11.1 Å². The summed E-state index contributed by atoms with van der Waals surface area (Å²) in [4.78, 5) is 0. The molecule has 114 valence electrons. The first-order valence-corrected chi connectivity index (χ1v) is 8.22. The maximum atomic E-state index is 11.8. The van der Waals surface area contributed by atoms with Gasteiger partial charge in [0.15, 0.2) is 11.5 Å². The Bertz CT molecular complexity index is 555. The monoisotopic (exact) mass is 301 g/mol. The molecule has 1 atom stereocenters. The smallest absolute Gasteiger partial charge is 0.212 e. The van der Waals surface area contributed by atoms with Crippen LogP contribution in [0.3, 0.4) is 0 Å². The quantitative estimate of drug-likeness (QED) is 0.840. The van der Waals surface area contributed by atoms with Crippen molar-refractivity contribution < 1.29 is 17.9 Å². The predicted octanol–water partition coefficient (Wildman–Crippen LogP) is 2.40. The Morgan fingerprint density at radius 1 is 1.20 bits per heavy atom. The van der Waals surface area contributed by atoms with Gasteiger partial charge in [0.05, 0.1) is 20.0 Å². The lowest BCUT2D eigenvalue weighted by Crippen LogP contribution is -2.29. The number of aryl methyl sites for hydroxylation is 1. The fourth-order valence-corrected chi connectivity index (χ4v) is 3.44. The summed E-state index contributed by atoms with van der Waals surface area (Å²) in [5.41, 5.74) is 1.83. The third kappa shape index (κ3) is 4.11. The molecule has 5 nitrogen and oxygen atoms in total. The lowest BCUT2D eigenvalue weighted by molar-refractivity contribution is 0.354. The summed E-state index contributed by atoms with van der Waals surface area (Å²) in [5.74, 6) is 1.36. The Labute approximate surface area is 121 Å². The molecule has 1 rings (SSSR count). The molecular formula is C14H23NO4S. The first-order valence-electron chi connectivity index (χ1n) is 6.57. The van der Waals surface area contributed by atoms with Crippen molar-refractivity contribution in [1.29, 1.82) is 0 Å². The predicted molar refractivity (Wildman–Crippen MR) is 79.9 cm³/mol. The van der Waals surface area contributed by atoms with E-state index in [1.165, 1.54) is 0 Å². The molecule has 1 N–H and O–H groups in total. The Kier molecular flexibility index (Phi) is 5.83. The van der Waals surface area contributed by atoms with Crippen LogP contribution in [-0.4, -0.2) is 28.4 Å². The van der Waals surface area contributed by atoms with Gasteiger partial charge in [-0.05, 0) is 43.5 Å². The molecule has 6 heteroatoms. The molecule has 1 aromatic carbocycles. The van der Waals surface area contributed by atoms with Gasteiger partial charge in [0, 0.05) is 6.04 Å². The maximum Gasteiger partial charge on any atom is 0.212 e. The third-order valence-electron chi connectivity index (χ3n) is 3.07. The Morgan fingerprint density at radius 3 is 2.25 bits per heavy atom. The van der Waals surface area contributed by atoms with Gasteiger partial charge in [0.25, 0.3) is 0 Å². The molecule has 1 unspecified atom stereocenters. The van der Waals surface area contributed by atoms with Crippen LogP contribution in [0.15, 0.2) is 12.1 Å². The van der Waals surface area contributed by atoms with Crippen LogP contribution in [0.5, 0.6) is 11.5 Å². The topological polar surface area (TPSA) is 64.6 Å². The average molecular weight is 301 g/mol. The molecule has 0 heterocycles. The highest BCUT2D eigenvalue weighted by Crippen LogP contribution is 2.33. The van der Waals surface area contributed by atoms with Gasteiger partial charge in [-0.25, -0.2) is 13.1 Å². The van der Waals surface area contributed by atoms with Gasteiger partial charge in [-0.2, -0.15) is 0 Å². The molecule has 0 radical (unpaired) electrons. The van der Waals surface area contributed by atoms with E-state index in [4.69, 9.17) is 9.47 Å². The molecule has 0 spiro atoms. The van der Waals surface area contributed by atoms with Crippen molar-refractivity contribution in [2.75, 3.05) is 20.0 Å². The first-order chi connectivity index (χ1) is 9.34. The van der Waals surface area contributed by atoms with Crippen LogP contribution in [0.2, 0.25) is 0 Å². The van der Waals surface area contributed by atoms with Gasteiger partial charge in [0.1, 0.15) is 0 Å². The number of sulfonamides is 1. The number of hydrogen-bond donors (Lipinski definition) is 1. The molecule has 1 aromatic rings. The number of nitrogens with one attached hydrogen (secondary N) is 1. The van der Waals surface area contributed by atoms with Crippen LogP contribution < -0.4 is 14.2 Å². The highest BCUT2D eigenvalue weighted by Gasteiger charge is 2.18. The van der Waals surface area contributed by atoms with Gasteiger partial charge in [0.2, 0.25) is 10.0 Å². The van der Waals surface area contributed by atoms with Crippen molar-refractivity contribution in [2.45, 2.75) is 33.2 Å². The van der Waals surface area contributed by atoms with E-state index in [0.29, 0.717) is 17.9 Å². The minimum absolute atomic E-state index is 0.129. The van der Waals surface area contributed by atoms with Crippen LogP contribution in [0, 0.1) is 6.92 Å². The molecule has 0 bridgehead atoms. The zero-order valence-electron chi connectivity index (χ0n) is 12.7. The van der Waals surface area contributed by atoms with Gasteiger partial charge in [-0.3, -0.25) is 0 Å². The number of ether oxygens (including phenoxy) is 2. The number of rotatable bonds is 7. The van der Waals surface area contributed by atoms with Crippen molar-refractivity contribution in [3.05, 3.63) is 23.3 Å². The average Bonchev–Trinajstić information content (AvgIpc) is 2.37. The van der Waals surface area contributed by atoms with Crippen LogP contribution in [0.25, 0.3) is 0 Å². The Hall–Kier alpha value is -1.27. The summed E-state index contributed by atoms with van der Waals surface area (Å²) in [6.45, 7) is 5.58. The summed E-state index contributed by atoms with van der Waals surface area (Å²) in [6.07, 6.45) is 0.590. The van der Waals surface area contributed by atoms with E-state index >= 15 is 0 Å². The second-order valence-electron chi connectivity index (χ2n) is 4.72. The molecule has 0 aromatic heterocycles. The van der Waals surface area contributed by atoms with E-state index in [1.807, 2.05) is 32.9 Å². The molecule has 0 fully saturated rings. The number of benzene rings is 1. The van der Waals surface area contributed by atoms with Crippen molar-refractivity contribution in [3.8, 4) is 11.5 Å². The van der Waals surface area contributed by atoms with E-state index in [1.54, 1.807) is 14.2 Å². The standard InChI is InChI=1S/C14H23NO4S/c1-6-7-20(16,17)15-11(3)12-9-14(19-5)13(18-4)8-10(12)2/h8-9,11,15H,6-7H2,1-5H3. The summed E-state index contributed by atoms with van der Waals surface area (Å²) in [7, 11) is -0.121. The summed E-state index contributed by atoms with van der Waals surface area (Å²) in [5, 5.41) is 0. The van der Waals surface area contributed by atoms with Gasteiger partial charge in [-0.15, -0.1) is 0 Å². The Morgan fingerprint density at radius 2 is 1.75 bits per heavy atom. The van der Waals surface area contributed by atoms with Crippen LogP contribution >= 0.6 is 0 Å². The second-order valence-corrected chi connectivity index (χ2v) is 6.60. The Balaban J connectivity index is 3.07. The molecule has 0 saturated carbocycles. The fourth-order valence-electron chi connectivity index (χ4n) is 2.12. The largest absolute Gasteiger partial charge is 0.493 e. The zero-order valence-corrected chi connectivity index (χ0v) is 13.5. The second kappa shape index (κ2) is 6.95. The lowest BCUT2D eigenvalue weighted by atomic mass is 10.0. The van der Waals surface area contributed by atoms with Crippen LogP contribution in [0.4, 0.5) is 0 Å². The van der Waals surface area contributed by atoms with Gasteiger partial charge < -0.3 is 9.47 Å². The van der Waals surface area contributed by atoms with Gasteiger partial charge in [-0.1, -0.05) is 6.92 Å². The lowest BCUT2D eigenvalue weighted by Gasteiger charge is -2.19. The van der Waals surface area contributed by atoms with Crippen LogP contribution in [-0.2, 0) is 10.0 Å². The molecule has 0 saturated heterocycles. The zero-order chi connectivity index (χ0) is 15.3. The summed E-state index contributed by atoms with van der Waals surface area (Å²) >= 11 is 0. The van der Waals surface area contributed by atoms with E-state index < -0.39 is 10.0 Å². The molecule has 0 aliphatic carbocycles. The van der Waals surface area contributed by atoms with Gasteiger partial charge >= 0.3 is 0 Å². The third-order valence-corrected chi connectivity index (χ3v) is 4.73. The SMILES string of the molecule is CCCS(=O)(=O)NC(C)c1cc(OC)c(OC)cc1C. The fraction of sp³-hybridized carbons (Fsp3) is 0.571. The first kappa shape index (κ1) is 16.8. The summed E-state index contributed by atoms with van der Waals surface area (Å²) < 4.78 is 36.8. The van der Waals surface area contributed by atoms with Crippen molar-refractivity contribution in [3.63, 3.8) is 0 Å². The van der Waals surface area contributed by atoms with Crippen LogP contribution in [0.1, 0.15) is 37.4 Å². The number of hydrogen-bond acceptors (Lipinski definition) is 4. The summed E-state index contributed by atoms with van der Waals surface area (Å²) in [6, 6.07) is 3.35. The molecule has 0 aliphatic heterocycles. The maximum absolute atomic E-state index is 11.8. The molecular weight excluding hydrogens is 278 g/mol. The van der Waals surface area contributed by atoms with Crippen molar-refractivity contribution in [1.82, 2.24) is 4.72 Å².